The van der Waals surface area contributed by atoms with Crippen LogP contribution in [0.5, 0.6) is 0 Å². The molecule has 226 valence electrons. The number of benzene rings is 2. The summed E-state index contributed by atoms with van der Waals surface area (Å²) in [6, 6.07) is 21.0. The molecule has 4 aromatic rings. The SMILES string of the molecule is COCC(=O)Nc1cc(=O)cc[nH]1.Cc1ccc(-n2nc(C(C)(C)C)cc2NC(=O)N[C@H]2CCCc3ccccc32)cc1. The number of methoxy groups -OCH3 is 1. The summed E-state index contributed by atoms with van der Waals surface area (Å²) in [6.07, 6.45) is 4.57. The average molecular weight is 585 g/mol. The number of nitrogens with one attached hydrogen (secondary N) is 4. The fraction of sp³-hybridized carbons (Fsp3) is 0.333. The molecule has 2 heterocycles. The van der Waals surface area contributed by atoms with Crippen LogP contribution in [-0.2, 0) is 21.4 Å². The van der Waals surface area contributed by atoms with Crippen molar-refractivity contribution in [1.82, 2.24) is 20.1 Å². The molecule has 0 aliphatic heterocycles. The van der Waals surface area contributed by atoms with E-state index in [9.17, 15) is 14.4 Å². The normalized spacial score (nSPS) is 14.1. The molecule has 2 aromatic heterocycles. The minimum Gasteiger partial charge on any atom is -0.375 e. The van der Waals surface area contributed by atoms with E-state index in [0.29, 0.717) is 11.6 Å². The summed E-state index contributed by atoms with van der Waals surface area (Å²) in [6.45, 7) is 8.39. The number of carbonyl (C=O) groups excluding carboxylic acids is 2. The van der Waals surface area contributed by atoms with Crippen molar-refractivity contribution >= 4 is 23.6 Å². The molecule has 0 saturated carbocycles. The number of aryl methyl sites for hydroxylation is 2. The number of rotatable bonds is 6. The van der Waals surface area contributed by atoms with Gasteiger partial charge >= 0.3 is 6.03 Å². The second-order valence-corrected chi connectivity index (χ2v) is 11.6. The Kier molecular flexibility index (Phi) is 10.2. The number of urea groups is 1. The predicted octanol–water partition coefficient (Wildman–Crippen LogP) is 5.64. The molecule has 2 aromatic carbocycles. The van der Waals surface area contributed by atoms with Crippen LogP contribution >= 0.6 is 0 Å². The Morgan fingerprint density at radius 2 is 1.79 bits per heavy atom. The van der Waals surface area contributed by atoms with Gasteiger partial charge in [0.05, 0.1) is 17.4 Å². The van der Waals surface area contributed by atoms with Gasteiger partial charge in [-0.3, -0.25) is 14.9 Å². The molecule has 10 heteroatoms. The molecule has 4 N–H and O–H groups in total. The van der Waals surface area contributed by atoms with Gasteiger partial charge in [-0.2, -0.15) is 5.10 Å². The smallest absolute Gasteiger partial charge is 0.320 e. The van der Waals surface area contributed by atoms with Crippen molar-refractivity contribution in [3.63, 3.8) is 0 Å². The second-order valence-electron chi connectivity index (χ2n) is 11.6. The summed E-state index contributed by atoms with van der Waals surface area (Å²) in [4.78, 5) is 37.4. The molecule has 0 radical (unpaired) electrons. The lowest BCUT2D eigenvalue weighted by molar-refractivity contribution is -0.119. The fourth-order valence-corrected chi connectivity index (χ4v) is 4.77. The number of aromatic amines is 1. The van der Waals surface area contributed by atoms with Crippen molar-refractivity contribution in [3.8, 4) is 5.69 Å². The van der Waals surface area contributed by atoms with Crippen LogP contribution in [0.3, 0.4) is 0 Å². The first kappa shape index (κ1) is 31.2. The number of hydrogen-bond donors (Lipinski definition) is 4. The largest absolute Gasteiger partial charge is 0.375 e. The first-order chi connectivity index (χ1) is 20.5. The number of nitrogens with zero attached hydrogens (tertiary/aromatic N) is 2. The Morgan fingerprint density at radius 3 is 2.49 bits per heavy atom. The molecule has 5 rings (SSSR count). The maximum Gasteiger partial charge on any atom is 0.320 e. The van der Waals surface area contributed by atoms with Gasteiger partial charge in [0, 0.05) is 36.9 Å². The Hall–Kier alpha value is -4.70. The Morgan fingerprint density at radius 1 is 1.05 bits per heavy atom. The summed E-state index contributed by atoms with van der Waals surface area (Å²) >= 11 is 0. The summed E-state index contributed by atoms with van der Waals surface area (Å²) in [5, 5.41) is 13.5. The third-order valence-electron chi connectivity index (χ3n) is 7.00. The van der Waals surface area contributed by atoms with E-state index >= 15 is 0 Å². The van der Waals surface area contributed by atoms with E-state index in [0.717, 1.165) is 30.6 Å². The summed E-state index contributed by atoms with van der Waals surface area (Å²) in [5.74, 6) is 0.740. The molecule has 0 bridgehead atoms. The van der Waals surface area contributed by atoms with Gasteiger partial charge in [-0.25, -0.2) is 9.48 Å². The van der Waals surface area contributed by atoms with Gasteiger partial charge in [-0.1, -0.05) is 62.7 Å². The molecule has 10 nitrogen and oxygen atoms in total. The zero-order valence-electron chi connectivity index (χ0n) is 25.4. The van der Waals surface area contributed by atoms with Crippen molar-refractivity contribution in [2.45, 2.75) is 58.4 Å². The van der Waals surface area contributed by atoms with Crippen LogP contribution in [0.2, 0.25) is 0 Å². The van der Waals surface area contributed by atoms with Gasteiger partial charge in [0.1, 0.15) is 18.2 Å². The van der Waals surface area contributed by atoms with Gasteiger partial charge in [-0.05, 0) is 49.4 Å². The molecule has 0 saturated heterocycles. The Labute approximate surface area is 251 Å². The van der Waals surface area contributed by atoms with Crippen molar-refractivity contribution in [3.05, 3.63) is 106 Å². The van der Waals surface area contributed by atoms with E-state index in [2.05, 4.69) is 83.7 Å². The monoisotopic (exact) mass is 584 g/mol. The van der Waals surface area contributed by atoms with Crippen LogP contribution in [0.1, 0.15) is 62.0 Å². The summed E-state index contributed by atoms with van der Waals surface area (Å²) < 4.78 is 6.42. The molecular weight excluding hydrogens is 544 g/mol. The van der Waals surface area contributed by atoms with Crippen LogP contribution in [0, 0.1) is 6.92 Å². The maximum absolute atomic E-state index is 12.9. The molecule has 0 fully saturated rings. The van der Waals surface area contributed by atoms with Crippen LogP contribution in [-0.4, -0.2) is 40.4 Å². The lowest BCUT2D eigenvalue weighted by Crippen LogP contribution is -2.34. The highest BCUT2D eigenvalue weighted by Gasteiger charge is 2.24. The predicted molar refractivity (Wildman–Crippen MR) is 169 cm³/mol. The number of carbonyl (C=O) groups is 2. The quantitative estimate of drug-likeness (QED) is 0.233. The Balaban J connectivity index is 0.000000273. The minimum absolute atomic E-state index is 0.0308. The van der Waals surface area contributed by atoms with E-state index in [1.54, 1.807) is 0 Å². The molecule has 43 heavy (non-hydrogen) atoms. The van der Waals surface area contributed by atoms with Crippen molar-refractivity contribution in [1.29, 1.82) is 0 Å². The number of amides is 3. The van der Waals surface area contributed by atoms with Gasteiger partial charge in [0.2, 0.25) is 0 Å². The molecular formula is C33H40N6O4. The van der Waals surface area contributed by atoms with Crippen LogP contribution in [0.25, 0.3) is 5.69 Å². The highest BCUT2D eigenvalue weighted by molar-refractivity contribution is 5.90. The van der Waals surface area contributed by atoms with E-state index in [4.69, 9.17) is 5.10 Å². The highest BCUT2D eigenvalue weighted by atomic mass is 16.5. The first-order valence-corrected chi connectivity index (χ1v) is 14.3. The lowest BCUT2D eigenvalue weighted by atomic mass is 9.88. The second kappa shape index (κ2) is 14.0. The van der Waals surface area contributed by atoms with E-state index < -0.39 is 0 Å². The number of anilines is 2. The summed E-state index contributed by atoms with van der Waals surface area (Å²) in [7, 11) is 1.42. The molecule has 0 spiro atoms. The van der Waals surface area contributed by atoms with Crippen molar-refractivity contribution in [2.24, 2.45) is 0 Å². The van der Waals surface area contributed by atoms with Crippen LogP contribution in [0.15, 0.2) is 77.7 Å². The Bertz CT molecular complexity index is 1600. The number of aromatic nitrogens is 3. The summed E-state index contributed by atoms with van der Waals surface area (Å²) in [5.41, 5.74) is 5.31. The maximum atomic E-state index is 12.9. The molecule has 1 atom stereocenters. The van der Waals surface area contributed by atoms with Gasteiger partial charge in [0.15, 0.2) is 5.43 Å². The lowest BCUT2D eigenvalue weighted by Gasteiger charge is -2.26. The fourth-order valence-electron chi connectivity index (χ4n) is 4.77. The zero-order valence-corrected chi connectivity index (χ0v) is 25.4. The minimum atomic E-state index is -0.302. The third kappa shape index (κ3) is 8.65. The number of ether oxygens (including phenoxy) is 1. The van der Waals surface area contributed by atoms with Gasteiger partial charge in [-0.15, -0.1) is 0 Å². The molecule has 3 amide bonds. The van der Waals surface area contributed by atoms with E-state index in [1.165, 1.54) is 42.1 Å². The van der Waals surface area contributed by atoms with Gasteiger partial charge in [0.25, 0.3) is 5.91 Å². The third-order valence-corrected chi connectivity index (χ3v) is 7.00. The van der Waals surface area contributed by atoms with Crippen molar-refractivity contribution in [2.75, 3.05) is 24.4 Å². The topological polar surface area (TPSA) is 130 Å². The average Bonchev–Trinajstić information content (AvgIpc) is 3.38. The molecule has 1 aliphatic rings. The van der Waals surface area contributed by atoms with Crippen LogP contribution < -0.4 is 21.4 Å². The highest BCUT2D eigenvalue weighted by Crippen LogP contribution is 2.30. The standard InChI is InChI=1S/C25H30N4O.C8H10N2O3/c1-17-12-14-19(15-13-17)29-23(16-22(28-29)25(2,3)4)27-24(30)26-21-11-7-9-18-8-5-6-10-20(18)21;1-13-5-8(12)10-7-4-6(11)2-3-9-7/h5-6,8,10,12-16,21H,7,9,11H2,1-4H3,(H2,26,27,30);2-4H,5H2,1H3,(H2,9,10,11,12)/t21-;/m0./s1. The van der Waals surface area contributed by atoms with Gasteiger partial charge < -0.3 is 20.4 Å². The van der Waals surface area contributed by atoms with E-state index in [-0.39, 0.29) is 35.4 Å². The number of H-pyrrole nitrogens is 1. The number of fused-ring (bicyclic) bond motifs is 1. The van der Waals surface area contributed by atoms with Crippen molar-refractivity contribution < 1.29 is 14.3 Å². The molecule has 1 aliphatic carbocycles. The first-order valence-electron chi connectivity index (χ1n) is 14.3. The van der Waals surface area contributed by atoms with Crippen LogP contribution in [0.4, 0.5) is 16.4 Å². The number of pyridine rings is 1. The number of hydrogen-bond acceptors (Lipinski definition) is 5. The zero-order chi connectivity index (χ0) is 31.0. The molecule has 0 unspecified atom stereocenters. The van der Waals surface area contributed by atoms with E-state index in [1.807, 2.05) is 28.9 Å².